The molecule has 1 aliphatic rings. The fourth-order valence-corrected chi connectivity index (χ4v) is 2.53. The van der Waals surface area contributed by atoms with Gasteiger partial charge in [-0.1, -0.05) is 6.92 Å². The summed E-state index contributed by atoms with van der Waals surface area (Å²) in [5.74, 6) is 1.41. The SMILES string of the molecule is CCCn1ccnc1CN1CC[C@H](C(=O)NC)C1. The molecule has 0 bridgehead atoms. The zero-order valence-electron chi connectivity index (χ0n) is 11.2. The fraction of sp³-hybridized carbons (Fsp3) is 0.692. The average molecular weight is 250 g/mol. The van der Waals surface area contributed by atoms with Crippen LogP contribution in [0.2, 0.25) is 0 Å². The van der Waals surface area contributed by atoms with Crippen LogP contribution in [0.15, 0.2) is 12.4 Å². The van der Waals surface area contributed by atoms with Crippen molar-refractivity contribution in [2.24, 2.45) is 5.92 Å². The van der Waals surface area contributed by atoms with Crippen molar-refractivity contribution >= 4 is 5.91 Å². The van der Waals surface area contributed by atoms with Crippen molar-refractivity contribution in [3.05, 3.63) is 18.2 Å². The van der Waals surface area contributed by atoms with Crippen molar-refractivity contribution in [3.8, 4) is 0 Å². The third-order valence-electron chi connectivity index (χ3n) is 3.52. The molecule has 0 radical (unpaired) electrons. The topological polar surface area (TPSA) is 50.2 Å². The zero-order chi connectivity index (χ0) is 13.0. The molecule has 100 valence electrons. The average Bonchev–Trinajstić information content (AvgIpc) is 3.00. The predicted octanol–water partition coefficient (Wildman–Crippen LogP) is 0.861. The van der Waals surface area contributed by atoms with Crippen LogP contribution in [0.5, 0.6) is 0 Å². The Morgan fingerprint density at radius 3 is 3.17 bits per heavy atom. The Hall–Kier alpha value is -1.36. The number of hydrogen-bond acceptors (Lipinski definition) is 3. The molecule has 2 rings (SSSR count). The van der Waals surface area contributed by atoms with Gasteiger partial charge in [-0.3, -0.25) is 9.69 Å². The Bertz CT molecular complexity index is 401. The monoisotopic (exact) mass is 250 g/mol. The number of aromatic nitrogens is 2. The Balaban J connectivity index is 1.91. The summed E-state index contributed by atoms with van der Waals surface area (Å²) in [6, 6.07) is 0. The van der Waals surface area contributed by atoms with Gasteiger partial charge in [0, 0.05) is 32.5 Å². The molecule has 1 fully saturated rings. The second-order valence-electron chi connectivity index (χ2n) is 4.87. The van der Waals surface area contributed by atoms with Crippen molar-refractivity contribution in [2.75, 3.05) is 20.1 Å². The number of nitrogens with zero attached hydrogens (tertiary/aromatic N) is 3. The third-order valence-corrected chi connectivity index (χ3v) is 3.52. The summed E-state index contributed by atoms with van der Waals surface area (Å²) in [5.41, 5.74) is 0. The van der Waals surface area contributed by atoms with E-state index in [1.54, 1.807) is 7.05 Å². The van der Waals surface area contributed by atoms with Crippen molar-refractivity contribution in [1.82, 2.24) is 19.8 Å². The molecule has 1 amide bonds. The summed E-state index contributed by atoms with van der Waals surface area (Å²) >= 11 is 0. The van der Waals surface area contributed by atoms with Crippen molar-refractivity contribution in [3.63, 3.8) is 0 Å². The summed E-state index contributed by atoms with van der Waals surface area (Å²) in [7, 11) is 1.71. The Morgan fingerprint density at radius 1 is 1.61 bits per heavy atom. The van der Waals surface area contributed by atoms with Gasteiger partial charge in [0.15, 0.2) is 0 Å². The normalized spacial score (nSPS) is 20.2. The van der Waals surface area contributed by atoms with Gasteiger partial charge in [-0.05, 0) is 19.4 Å². The molecule has 0 aromatic carbocycles. The fourth-order valence-electron chi connectivity index (χ4n) is 2.53. The summed E-state index contributed by atoms with van der Waals surface area (Å²) in [4.78, 5) is 18.3. The maximum Gasteiger partial charge on any atom is 0.224 e. The molecule has 0 saturated carbocycles. The van der Waals surface area contributed by atoms with Crippen LogP contribution in [-0.2, 0) is 17.9 Å². The molecule has 0 spiro atoms. The first-order valence-corrected chi connectivity index (χ1v) is 6.68. The van der Waals surface area contributed by atoms with Crippen LogP contribution >= 0.6 is 0 Å². The van der Waals surface area contributed by atoms with Crippen molar-refractivity contribution in [1.29, 1.82) is 0 Å². The van der Waals surface area contributed by atoms with Gasteiger partial charge in [0.05, 0.1) is 12.5 Å². The van der Waals surface area contributed by atoms with Crippen LogP contribution < -0.4 is 5.32 Å². The smallest absolute Gasteiger partial charge is 0.224 e. The van der Waals surface area contributed by atoms with Gasteiger partial charge in [-0.15, -0.1) is 0 Å². The minimum absolute atomic E-state index is 0.143. The number of rotatable bonds is 5. The van der Waals surface area contributed by atoms with Crippen LogP contribution in [0.3, 0.4) is 0 Å². The first-order valence-electron chi connectivity index (χ1n) is 6.68. The minimum atomic E-state index is 0.143. The molecular weight excluding hydrogens is 228 g/mol. The predicted molar refractivity (Wildman–Crippen MR) is 70.0 cm³/mol. The molecule has 1 N–H and O–H groups in total. The van der Waals surface area contributed by atoms with Crippen LogP contribution in [0.1, 0.15) is 25.6 Å². The third kappa shape index (κ3) is 2.90. The maximum absolute atomic E-state index is 11.6. The molecule has 18 heavy (non-hydrogen) atoms. The van der Waals surface area contributed by atoms with Gasteiger partial charge < -0.3 is 9.88 Å². The number of aryl methyl sites for hydroxylation is 1. The Morgan fingerprint density at radius 2 is 2.44 bits per heavy atom. The summed E-state index contributed by atoms with van der Waals surface area (Å²) in [6.45, 7) is 5.86. The molecule has 1 aromatic rings. The summed E-state index contributed by atoms with van der Waals surface area (Å²) < 4.78 is 2.20. The van der Waals surface area contributed by atoms with Crippen LogP contribution in [0, 0.1) is 5.92 Å². The first kappa shape index (κ1) is 13.1. The standard InChI is InChI=1S/C13H22N4O/c1-3-6-17-8-5-15-12(17)10-16-7-4-11(9-16)13(18)14-2/h5,8,11H,3-4,6-7,9-10H2,1-2H3,(H,14,18)/t11-/m0/s1. The molecule has 0 unspecified atom stereocenters. The van der Waals surface area contributed by atoms with E-state index in [9.17, 15) is 4.79 Å². The van der Waals surface area contributed by atoms with Crippen molar-refractivity contribution in [2.45, 2.75) is 32.9 Å². The number of nitrogens with one attached hydrogen (secondary N) is 1. The first-order chi connectivity index (χ1) is 8.74. The quantitative estimate of drug-likeness (QED) is 0.843. The number of likely N-dealkylation sites (tertiary alicyclic amines) is 1. The maximum atomic E-state index is 11.6. The molecule has 1 aliphatic heterocycles. The summed E-state index contributed by atoms with van der Waals surface area (Å²) in [6.07, 6.45) is 5.96. The number of carbonyl (C=O) groups excluding carboxylic acids is 1. The molecule has 1 saturated heterocycles. The van der Waals surface area contributed by atoms with E-state index in [0.717, 1.165) is 44.8 Å². The largest absolute Gasteiger partial charge is 0.359 e. The van der Waals surface area contributed by atoms with Crippen LogP contribution in [0.4, 0.5) is 0 Å². The Kier molecular flexibility index (Phi) is 4.36. The van der Waals surface area contributed by atoms with Crippen LogP contribution in [-0.4, -0.2) is 40.5 Å². The summed E-state index contributed by atoms with van der Waals surface area (Å²) in [5, 5.41) is 2.73. The molecule has 5 heteroatoms. The second-order valence-corrected chi connectivity index (χ2v) is 4.87. The van der Waals surface area contributed by atoms with Gasteiger partial charge in [0.2, 0.25) is 5.91 Å². The lowest BCUT2D eigenvalue weighted by Gasteiger charge is -2.16. The van der Waals surface area contributed by atoms with Crippen molar-refractivity contribution < 1.29 is 4.79 Å². The highest BCUT2D eigenvalue weighted by Gasteiger charge is 2.28. The zero-order valence-corrected chi connectivity index (χ0v) is 11.2. The van der Waals surface area contributed by atoms with E-state index in [4.69, 9.17) is 0 Å². The lowest BCUT2D eigenvalue weighted by atomic mass is 10.1. The molecule has 5 nitrogen and oxygen atoms in total. The van der Waals surface area contributed by atoms with Gasteiger partial charge in [0.25, 0.3) is 0 Å². The van der Waals surface area contributed by atoms with E-state index in [1.165, 1.54) is 0 Å². The van der Waals surface area contributed by atoms with Gasteiger partial charge in [-0.2, -0.15) is 0 Å². The Labute approximate surface area is 108 Å². The lowest BCUT2D eigenvalue weighted by molar-refractivity contribution is -0.124. The highest BCUT2D eigenvalue weighted by atomic mass is 16.1. The van der Waals surface area contributed by atoms with E-state index >= 15 is 0 Å². The van der Waals surface area contributed by atoms with E-state index < -0.39 is 0 Å². The van der Waals surface area contributed by atoms with Gasteiger partial charge in [0.1, 0.15) is 5.82 Å². The molecule has 2 heterocycles. The van der Waals surface area contributed by atoms with E-state index in [-0.39, 0.29) is 11.8 Å². The minimum Gasteiger partial charge on any atom is -0.359 e. The second kappa shape index (κ2) is 6.00. The van der Waals surface area contributed by atoms with E-state index in [1.807, 2.05) is 12.4 Å². The molecule has 1 atom stereocenters. The van der Waals surface area contributed by atoms with Crippen LogP contribution in [0.25, 0.3) is 0 Å². The number of imidazole rings is 1. The lowest BCUT2D eigenvalue weighted by Crippen LogP contribution is -2.30. The highest BCUT2D eigenvalue weighted by molar-refractivity contribution is 5.78. The van der Waals surface area contributed by atoms with E-state index in [2.05, 4.69) is 26.7 Å². The molecular formula is C13H22N4O. The molecule has 1 aromatic heterocycles. The van der Waals surface area contributed by atoms with Gasteiger partial charge in [-0.25, -0.2) is 4.98 Å². The van der Waals surface area contributed by atoms with E-state index in [0.29, 0.717) is 0 Å². The number of carbonyl (C=O) groups is 1. The van der Waals surface area contributed by atoms with Gasteiger partial charge >= 0.3 is 0 Å². The number of hydrogen-bond donors (Lipinski definition) is 1. The highest BCUT2D eigenvalue weighted by Crippen LogP contribution is 2.18. The number of amides is 1. The molecule has 0 aliphatic carbocycles.